The van der Waals surface area contributed by atoms with Crippen LogP contribution in [0.5, 0.6) is 0 Å². The van der Waals surface area contributed by atoms with Crippen LogP contribution in [0.15, 0.2) is 0 Å². The van der Waals surface area contributed by atoms with E-state index in [-0.39, 0.29) is 0 Å². The Kier molecular flexibility index (Phi) is 10.4. The highest BCUT2D eigenvalue weighted by atomic mass is 16.5. The number of hydrogen-bond donors (Lipinski definition) is 0. The summed E-state index contributed by atoms with van der Waals surface area (Å²) in [5.74, 6) is 0. The van der Waals surface area contributed by atoms with Crippen LogP contribution >= 0.6 is 0 Å². The van der Waals surface area contributed by atoms with Crippen LogP contribution in [-0.4, -0.2) is 25.4 Å². The molecule has 2 heteroatoms. The Labute approximate surface area is 95.3 Å². The van der Waals surface area contributed by atoms with Gasteiger partial charge in [-0.25, -0.2) is 0 Å². The van der Waals surface area contributed by atoms with Crippen LogP contribution in [0.3, 0.4) is 0 Å². The largest absolute Gasteiger partial charge is 0.378 e. The highest BCUT2D eigenvalue weighted by Gasteiger charge is 2.08. The van der Waals surface area contributed by atoms with Gasteiger partial charge in [0.1, 0.15) is 0 Å². The monoisotopic (exact) mass is 216 g/mol. The van der Waals surface area contributed by atoms with E-state index in [0.717, 1.165) is 32.5 Å². The van der Waals surface area contributed by atoms with Crippen molar-refractivity contribution in [2.45, 2.75) is 72.0 Å². The predicted molar refractivity (Wildman–Crippen MR) is 65.3 cm³/mol. The summed E-state index contributed by atoms with van der Waals surface area (Å²) in [4.78, 5) is 0. The van der Waals surface area contributed by atoms with Crippen molar-refractivity contribution in [3.8, 4) is 0 Å². The van der Waals surface area contributed by atoms with Gasteiger partial charge >= 0.3 is 0 Å². The zero-order valence-electron chi connectivity index (χ0n) is 10.9. The summed E-state index contributed by atoms with van der Waals surface area (Å²) in [5.41, 5.74) is 0. The van der Waals surface area contributed by atoms with E-state index in [0.29, 0.717) is 12.2 Å². The molecule has 0 spiro atoms. The Balaban J connectivity index is 3.35. The van der Waals surface area contributed by atoms with Gasteiger partial charge in [-0.15, -0.1) is 0 Å². The van der Waals surface area contributed by atoms with Crippen LogP contribution in [-0.2, 0) is 9.47 Å². The molecule has 0 aliphatic carbocycles. The Bertz CT molecular complexity index is 112. The fourth-order valence-electron chi connectivity index (χ4n) is 1.46. The highest BCUT2D eigenvalue weighted by molar-refractivity contribution is 4.58. The summed E-state index contributed by atoms with van der Waals surface area (Å²) >= 11 is 0. The fraction of sp³-hybridized carbons (Fsp3) is 1.00. The molecular weight excluding hydrogens is 188 g/mol. The summed E-state index contributed by atoms with van der Waals surface area (Å²) in [7, 11) is 0. The third kappa shape index (κ3) is 10.2. The lowest BCUT2D eigenvalue weighted by Crippen LogP contribution is -2.19. The second kappa shape index (κ2) is 10.4. The van der Waals surface area contributed by atoms with E-state index in [1.165, 1.54) is 12.8 Å². The van der Waals surface area contributed by atoms with Crippen LogP contribution < -0.4 is 0 Å². The van der Waals surface area contributed by atoms with E-state index < -0.39 is 0 Å². The van der Waals surface area contributed by atoms with E-state index in [9.17, 15) is 0 Å². The lowest BCUT2D eigenvalue weighted by Gasteiger charge is -2.18. The zero-order valence-corrected chi connectivity index (χ0v) is 10.9. The molecule has 0 radical (unpaired) electrons. The first-order chi connectivity index (χ1) is 7.20. The lowest BCUT2D eigenvalue weighted by molar-refractivity contribution is -0.00416. The first kappa shape index (κ1) is 14.9. The third-order valence-corrected chi connectivity index (χ3v) is 2.46. The van der Waals surface area contributed by atoms with Crippen molar-refractivity contribution in [1.29, 1.82) is 0 Å². The van der Waals surface area contributed by atoms with Gasteiger partial charge in [-0.3, -0.25) is 0 Å². The molecule has 0 rings (SSSR count). The number of rotatable bonds is 10. The molecule has 0 heterocycles. The van der Waals surface area contributed by atoms with Gasteiger partial charge in [0, 0.05) is 13.2 Å². The van der Waals surface area contributed by atoms with E-state index in [1.807, 2.05) is 0 Å². The van der Waals surface area contributed by atoms with Crippen molar-refractivity contribution in [2.75, 3.05) is 13.2 Å². The molecule has 15 heavy (non-hydrogen) atoms. The molecular formula is C13H28O2. The average Bonchev–Trinajstić information content (AvgIpc) is 2.18. The van der Waals surface area contributed by atoms with Gasteiger partial charge < -0.3 is 9.47 Å². The Hall–Kier alpha value is -0.0800. The summed E-state index contributed by atoms with van der Waals surface area (Å²) in [6.07, 6.45) is 6.39. The SMILES string of the molecule is CCCCOC(C)CC(C)OCCCC. The molecule has 0 aliphatic heterocycles. The minimum absolute atomic E-state index is 0.327. The molecule has 0 saturated carbocycles. The van der Waals surface area contributed by atoms with Gasteiger partial charge in [0.2, 0.25) is 0 Å². The summed E-state index contributed by atoms with van der Waals surface area (Å²) < 4.78 is 11.4. The maximum atomic E-state index is 5.68. The minimum Gasteiger partial charge on any atom is -0.378 e. The molecule has 0 aromatic rings. The van der Waals surface area contributed by atoms with Gasteiger partial charge in [0.05, 0.1) is 12.2 Å². The van der Waals surface area contributed by atoms with E-state index in [2.05, 4.69) is 27.7 Å². The second-order valence-electron chi connectivity index (χ2n) is 4.31. The minimum atomic E-state index is 0.327. The number of hydrogen-bond acceptors (Lipinski definition) is 2. The van der Waals surface area contributed by atoms with Crippen molar-refractivity contribution in [3.05, 3.63) is 0 Å². The van der Waals surface area contributed by atoms with Gasteiger partial charge in [-0.05, 0) is 33.1 Å². The van der Waals surface area contributed by atoms with Crippen LogP contribution in [0.25, 0.3) is 0 Å². The molecule has 0 aliphatic rings. The summed E-state index contributed by atoms with van der Waals surface area (Å²) in [5, 5.41) is 0. The molecule has 0 aromatic heterocycles. The molecule has 92 valence electrons. The Morgan fingerprint density at radius 2 is 1.20 bits per heavy atom. The molecule has 2 unspecified atom stereocenters. The fourth-order valence-corrected chi connectivity index (χ4v) is 1.46. The van der Waals surface area contributed by atoms with Crippen LogP contribution in [0.1, 0.15) is 59.8 Å². The first-order valence-corrected chi connectivity index (χ1v) is 6.43. The smallest absolute Gasteiger partial charge is 0.0571 e. The topological polar surface area (TPSA) is 18.5 Å². The average molecular weight is 216 g/mol. The molecule has 0 aromatic carbocycles. The van der Waals surface area contributed by atoms with Crippen molar-refractivity contribution in [1.82, 2.24) is 0 Å². The Morgan fingerprint density at radius 3 is 1.53 bits per heavy atom. The Morgan fingerprint density at radius 1 is 0.800 bits per heavy atom. The summed E-state index contributed by atoms with van der Waals surface area (Å²) in [6, 6.07) is 0. The van der Waals surface area contributed by atoms with Crippen molar-refractivity contribution in [3.63, 3.8) is 0 Å². The molecule has 0 amide bonds. The number of ether oxygens (including phenoxy) is 2. The van der Waals surface area contributed by atoms with Crippen molar-refractivity contribution >= 4 is 0 Å². The number of unbranched alkanes of at least 4 members (excludes halogenated alkanes) is 2. The molecule has 0 saturated heterocycles. The molecule has 0 bridgehead atoms. The second-order valence-corrected chi connectivity index (χ2v) is 4.31. The zero-order chi connectivity index (χ0) is 11.5. The van der Waals surface area contributed by atoms with Crippen molar-refractivity contribution in [2.24, 2.45) is 0 Å². The maximum absolute atomic E-state index is 5.68. The quantitative estimate of drug-likeness (QED) is 0.517. The van der Waals surface area contributed by atoms with E-state index >= 15 is 0 Å². The van der Waals surface area contributed by atoms with E-state index in [4.69, 9.17) is 9.47 Å². The standard InChI is InChI=1S/C13H28O2/c1-5-7-9-14-12(3)11-13(4)15-10-8-6-2/h12-13H,5-11H2,1-4H3. The highest BCUT2D eigenvalue weighted by Crippen LogP contribution is 2.07. The normalized spacial score (nSPS) is 15.2. The first-order valence-electron chi connectivity index (χ1n) is 6.43. The maximum Gasteiger partial charge on any atom is 0.0571 e. The van der Waals surface area contributed by atoms with Gasteiger partial charge in [-0.1, -0.05) is 26.7 Å². The van der Waals surface area contributed by atoms with Gasteiger partial charge in [0.25, 0.3) is 0 Å². The summed E-state index contributed by atoms with van der Waals surface area (Å²) in [6.45, 7) is 10.4. The third-order valence-electron chi connectivity index (χ3n) is 2.46. The van der Waals surface area contributed by atoms with Gasteiger partial charge in [0.15, 0.2) is 0 Å². The molecule has 0 fully saturated rings. The van der Waals surface area contributed by atoms with Crippen LogP contribution in [0, 0.1) is 0 Å². The van der Waals surface area contributed by atoms with Crippen LogP contribution in [0.4, 0.5) is 0 Å². The van der Waals surface area contributed by atoms with Crippen molar-refractivity contribution < 1.29 is 9.47 Å². The molecule has 0 N–H and O–H groups in total. The van der Waals surface area contributed by atoms with E-state index in [1.54, 1.807) is 0 Å². The van der Waals surface area contributed by atoms with Crippen LogP contribution in [0.2, 0.25) is 0 Å². The van der Waals surface area contributed by atoms with Gasteiger partial charge in [-0.2, -0.15) is 0 Å². The lowest BCUT2D eigenvalue weighted by atomic mass is 10.2. The molecule has 2 atom stereocenters. The molecule has 2 nitrogen and oxygen atoms in total. The predicted octanol–water partition coefficient (Wildman–Crippen LogP) is 3.79.